The maximum Gasteiger partial charge on any atom is 0.321 e. The molecule has 0 aromatic heterocycles. The fourth-order valence-electron chi connectivity index (χ4n) is 3.10. The van der Waals surface area contributed by atoms with Gasteiger partial charge >= 0.3 is 6.03 Å². The monoisotopic (exact) mass is 369 g/mol. The second-order valence-corrected chi connectivity index (χ2v) is 6.50. The van der Waals surface area contributed by atoms with Gasteiger partial charge in [-0.25, -0.2) is 4.79 Å². The van der Waals surface area contributed by atoms with Crippen LogP contribution in [0.3, 0.4) is 0 Å². The van der Waals surface area contributed by atoms with Gasteiger partial charge in [0.2, 0.25) is 0 Å². The first-order valence-corrected chi connectivity index (χ1v) is 9.32. The molecule has 2 aromatic rings. The maximum absolute atomic E-state index is 12.5. The molecule has 0 aliphatic carbocycles. The summed E-state index contributed by atoms with van der Waals surface area (Å²) in [5.74, 6) is 1.68. The first-order chi connectivity index (χ1) is 13.2. The van der Waals surface area contributed by atoms with Crippen LogP contribution in [-0.4, -0.2) is 55.7 Å². The van der Waals surface area contributed by atoms with Crippen molar-refractivity contribution < 1.29 is 14.3 Å². The number of piperazine rings is 1. The van der Waals surface area contributed by atoms with E-state index in [9.17, 15) is 4.79 Å². The number of urea groups is 1. The molecule has 0 spiro atoms. The van der Waals surface area contributed by atoms with Gasteiger partial charge in [-0.2, -0.15) is 0 Å². The highest BCUT2D eigenvalue weighted by Gasteiger charge is 2.21. The molecule has 1 saturated heterocycles. The van der Waals surface area contributed by atoms with Crippen molar-refractivity contribution in [2.24, 2.45) is 0 Å². The minimum atomic E-state index is -0.0525. The Morgan fingerprint density at radius 2 is 1.59 bits per heavy atom. The summed E-state index contributed by atoms with van der Waals surface area (Å²) < 4.78 is 10.6. The lowest BCUT2D eigenvalue weighted by atomic mass is 10.2. The summed E-state index contributed by atoms with van der Waals surface area (Å²) in [4.78, 5) is 16.7. The van der Waals surface area contributed by atoms with E-state index in [2.05, 4.69) is 22.3 Å². The van der Waals surface area contributed by atoms with E-state index < -0.39 is 0 Å². The summed E-state index contributed by atoms with van der Waals surface area (Å²) in [6.45, 7) is 6.64. The predicted molar refractivity (Wildman–Crippen MR) is 106 cm³/mol. The van der Waals surface area contributed by atoms with Gasteiger partial charge in [0.15, 0.2) is 0 Å². The molecule has 2 amide bonds. The maximum atomic E-state index is 12.5. The number of hydrogen-bond acceptors (Lipinski definition) is 4. The van der Waals surface area contributed by atoms with Gasteiger partial charge in [-0.15, -0.1) is 0 Å². The third kappa shape index (κ3) is 5.37. The summed E-state index contributed by atoms with van der Waals surface area (Å²) in [6.07, 6.45) is 0. The van der Waals surface area contributed by atoms with Crippen LogP contribution in [0.5, 0.6) is 11.5 Å². The van der Waals surface area contributed by atoms with Crippen LogP contribution < -0.4 is 14.8 Å². The van der Waals surface area contributed by atoms with Crippen molar-refractivity contribution in [2.75, 3.05) is 45.2 Å². The SMILES string of the molecule is CCOc1ccc(NC(=O)N2CCN(Cc3ccc(OC)cc3)CC2)cc1. The van der Waals surface area contributed by atoms with Crippen LogP contribution in [-0.2, 0) is 6.54 Å². The Morgan fingerprint density at radius 3 is 2.19 bits per heavy atom. The highest BCUT2D eigenvalue weighted by molar-refractivity contribution is 5.89. The van der Waals surface area contributed by atoms with Gasteiger partial charge in [0.05, 0.1) is 13.7 Å². The highest BCUT2D eigenvalue weighted by atomic mass is 16.5. The molecule has 1 fully saturated rings. The summed E-state index contributed by atoms with van der Waals surface area (Å²) in [6, 6.07) is 15.5. The molecule has 1 N–H and O–H groups in total. The fraction of sp³-hybridized carbons (Fsp3) is 0.381. The molecule has 0 bridgehead atoms. The summed E-state index contributed by atoms with van der Waals surface area (Å²) in [7, 11) is 1.67. The van der Waals surface area contributed by atoms with Crippen molar-refractivity contribution in [1.82, 2.24) is 9.80 Å². The second kappa shape index (κ2) is 9.28. The molecule has 6 nitrogen and oxygen atoms in total. The molecule has 0 unspecified atom stereocenters. The largest absolute Gasteiger partial charge is 0.497 e. The number of nitrogens with one attached hydrogen (secondary N) is 1. The van der Waals surface area contributed by atoms with Crippen molar-refractivity contribution in [3.63, 3.8) is 0 Å². The molecule has 27 heavy (non-hydrogen) atoms. The van der Waals surface area contributed by atoms with Crippen LogP contribution in [0.15, 0.2) is 48.5 Å². The zero-order valence-corrected chi connectivity index (χ0v) is 16.0. The molecule has 1 aliphatic rings. The van der Waals surface area contributed by atoms with E-state index >= 15 is 0 Å². The number of rotatable bonds is 6. The molecule has 0 atom stereocenters. The molecule has 0 saturated carbocycles. The van der Waals surface area contributed by atoms with Gasteiger partial charge in [-0.05, 0) is 48.9 Å². The first kappa shape index (κ1) is 19.0. The number of benzene rings is 2. The molecule has 1 aliphatic heterocycles. The first-order valence-electron chi connectivity index (χ1n) is 9.32. The van der Waals surface area contributed by atoms with Crippen LogP contribution in [0.1, 0.15) is 12.5 Å². The van der Waals surface area contributed by atoms with Gasteiger partial charge in [-0.3, -0.25) is 4.90 Å². The van der Waals surface area contributed by atoms with Crippen molar-refractivity contribution in [2.45, 2.75) is 13.5 Å². The van der Waals surface area contributed by atoms with Crippen LogP contribution in [0.25, 0.3) is 0 Å². The van der Waals surface area contributed by atoms with Gasteiger partial charge in [0.1, 0.15) is 11.5 Å². The molecular weight excluding hydrogens is 342 g/mol. The standard InChI is InChI=1S/C21H27N3O3/c1-3-27-20-10-6-18(7-11-20)22-21(25)24-14-12-23(13-15-24)16-17-4-8-19(26-2)9-5-17/h4-11H,3,12-16H2,1-2H3,(H,22,25). The molecule has 144 valence electrons. The molecule has 1 heterocycles. The Labute approximate surface area is 160 Å². The fourth-order valence-corrected chi connectivity index (χ4v) is 3.10. The highest BCUT2D eigenvalue weighted by Crippen LogP contribution is 2.17. The normalized spacial score (nSPS) is 14.7. The minimum absolute atomic E-state index is 0.0525. The van der Waals surface area contributed by atoms with Gasteiger partial charge in [-0.1, -0.05) is 12.1 Å². The van der Waals surface area contributed by atoms with Crippen LogP contribution >= 0.6 is 0 Å². The number of anilines is 1. The van der Waals surface area contributed by atoms with Crippen LogP contribution in [0.2, 0.25) is 0 Å². The predicted octanol–water partition coefficient (Wildman–Crippen LogP) is 3.44. The third-order valence-corrected chi connectivity index (χ3v) is 4.64. The van der Waals surface area contributed by atoms with E-state index in [1.807, 2.05) is 48.2 Å². The number of hydrogen-bond donors (Lipinski definition) is 1. The molecular formula is C21H27N3O3. The van der Waals surface area contributed by atoms with E-state index in [1.165, 1.54) is 5.56 Å². The Kier molecular flexibility index (Phi) is 6.54. The minimum Gasteiger partial charge on any atom is -0.497 e. The Morgan fingerprint density at radius 1 is 0.963 bits per heavy atom. The van der Waals surface area contributed by atoms with E-state index in [0.29, 0.717) is 6.61 Å². The summed E-state index contributed by atoms with van der Waals surface area (Å²) in [5, 5.41) is 2.96. The molecule has 0 radical (unpaired) electrons. The molecule has 2 aromatic carbocycles. The van der Waals surface area contributed by atoms with Crippen molar-refractivity contribution in [3.05, 3.63) is 54.1 Å². The van der Waals surface area contributed by atoms with E-state index in [-0.39, 0.29) is 6.03 Å². The number of amides is 2. The molecule has 6 heteroatoms. The number of carbonyl (C=O) groups excluding carboxylic acids is 1. The average Bonchev–Trinajstić information content (AvgIpc) is 2.71. The summed E-state index contributed by atoms with van der Waals surface area (Å²) in [5.41, 5.74) is 2.03. The van der Waals surface area contributed by atoms with E-state index in [4.69, 9.17) is 9.47 Å². The Hall–Kier alpha value is -2.73. The third-order valence-electron chi connectivity index (χ3n) is 4.64. The zero-order chi connectivity index (χ0) is 19.1. The average molecular weight is 369 g/mol. The van der Waals surface area contributed by atoms with Crippen LogP contribution in [0, 0.1) is 0 Å². The quantitative estimate of drug-likeness (QED) is 0.847. The van der Waals surface area contributed by atoms with Gasteiger partial charge < -0.3 is 19.7 Å². The lowest BCUT2D eigenvalue weighted by Gasteiger charge is -2.34. The zero-order valence-electron chi connectivity index (χ0n) is 16.0. The molecule has 3 rings (SSSR count). The van der Waals surface area contributed by atoms with Crippen LogP contribution in [0.4, 0.5) is 10.5 Å². The van der Waals surface area contributed by atoms with E-state index in [0.717, 1.165) is 49.9 Å². The second-order valence-electron chi connectivity index (χ2n) is 6.50. The van der Waals surface area contributed by atoms with Crippen molar-refractivity contribution in [3.8, 4) is 11.5 Å². The Balaban J connectivity index is 1.45. The Bertz CT molecular complexity index is 723. The number of nitrogens with zero attached hydrogens (tertiary/aromatic N) is 2. The van der Waals surface area contributed by atoms with Gasteiger partial charge in [0.25, 0.3) is 0 Å². The lowest BCUT2D eigenvalue weighted by molar-refractivity contribution is 0.143. The number of methoxy groups -OCH3 is 1. The smallest absolute Gasteiger partial charge is 0.321 e. The van der Waals surface area contributed by atoms with Gasteiger partial charge in [0, 0.05) is 38.4 Å². The number of ether oxygens (including phenoxy) is 2. The lowest BCUT2D eigenvalue weighted by Crippen LogP contribution is -2.49. The van der Waals surface area contributed by atoms with Crippen molar-refractivity contribution >= 4 is 11.7 Å². The van der Waals surface area contributed by atoms with Crippen molar-refractivity contribution in [1.29, 1.82) is 0 Å². The number of carbonyl (C=O) groups is 1. The van der Waals surface area contributed by atoms with E-state index in [1.54, 1.807) is 7.11 Å². The topological polar surface area (TPSA) is 54.0 Å². The summed E-state index contributed by atoms with van der Waals surface area (Å²) >= 11 is 0.